The third-order valence-corrected chi connectivity index (χ3v) is 8.97. The van der Waals surface area contributed by atoms with Crippen LogP contribution in [0.15, 0.2) is 56.7 Å². The van der Waals surface area contributed by atoms with E-state index in [2.05, 4.69) is 15.9 Å². The SMILES string of the molecule is COc1ccc(Br)cc1S(=O)(=O)N1CCN(S(=O)(=O)c2ccc(Cl)cc2)CC1. The van der Waals surface area contributed by atoms with Crippen LogP contribution in [0, 0.1) is 0 Å². The van der Waals surface area contributed by atoms with Gasteiger partial charge in [-0.05, 0) is 42.5 Å². The summed E-state index contributed by atoms with van der Waals surface area (Å²) in [6.07, 6.45) is 0. The number of nitrogens with zero attached hydrogens (tertiary/aromatic N) is 2. The molecule has 2 aromatic carbocycles. The van der Waals surface area contributed by atoms with Crippen molar-refractivity contribution in [1.82, 2.24) is 8.61 Å². The maximum Gasteiger partial charge on any atom is 0.246 e. The van der Waals surface area contributed by atoms with Crippen molar-refractivity contribution in [2.45, 2.75) is 9.79 Å². The van der Waals surface area contributed by atoms with E-state index in [1.54, 1.807) is 12.1 Å². The third-order valence-electron chi connectivity index (χ3n) is 4.39. The Morgan fingerprint density at radius 3 is 1.96 bits per heavy atom. The Labute approximate surface area is 178 Å². The van der Waals surface area contributed by atoms with E-state index in [1.165, 1.54) is 46.1 Å². The van der Waals surface area contributed by atoms with Gasteiger partial charge in [-0.15, -0.1) is 0 Å². The number of hydrogen-bond donors (Lipinski definition) is 0. The van der Waals surface area contributed by atoms with E-state index in [1.807, 2.05) is 0 Å². The molecule has 1 aliphatic heterocycles. The zero-order valence-corrected chi connectivity index (χ0v) is 18.9. The van der Waals surface area contributed by atoms with Gasteiger partial charge in [0.2, 0.25) is 20.0 Å². The van der Waals surface area contributed by atoms with E-state index >= 15 is 0 Å². The molecule has 11 heteroatoms. The number of piperazine rings is 1. The molecule has 152 valence electrons. The Hall–Kier alpha value is -1.17. The second-order valence-electron chi connectivity index (χ2n) is 6.06. The second-order valence-corrected chi connectivity index (χ2v) is 11.3. The standard InChI is InChI=1S/C17H18BrClN2O5S2/c1-26-16-7-2-13(18)12-17(16)28(24,25)21-10-8-20(9-11-21)27(22,23)15-5-3-14(19)4-6-15/h2-7,12H,8-11H2,1H3. The van der Waals surface area contributed by atoms with Crippen LogP contribution in [0.3, 0.4) is 0 Å². The molecule has 0 saturated carbocycles. The molecule has 0 radical (unpaired) electrons. The molecule has 0 amide bonds. The first-order valence-corrected chi connectivity index (χ1v) is 12.3. The lowest BCUT2D eigenvalue weighted by Gasteiger charge is -2.33. The van der Waals surface area contributed by atoms with Crippen LogP contribution in [0.25, 0.3) is 0 Å². The summed E-state index contributed by atoms with van der Waals surface area (Å²) in [6.45, 7) is 0.205. The van der Waals surface area contributed by atoms with Gasteiger partial charge < -0.3 is 4.74 Å². The van der Waals surface area contributed by atoms with Gasteiger partial charge in [0.25, 0.3) is 0 Å². The van der Waals surface area contributed by atoms with Crippen LogP contribution < -0.4 is 4.74 Å². The first-order valence-electron chi connectivity index (χ1n) is 8.25. The van der Waals surface area contributed by atoms with Gasteiger partial charge in [0, 0.05) is 35.7 Å². The maximum absolute atomic E-state index is 13.0. The summed E-state index contributed by atoms with van der Waals surface area (Å²) in [5.41, 5.74) is 0. The van der Waals surface area contributed by atoms with E-state index in [4.69, 9.17) is 16.3 Å². The van der Waals surface area contributed by atoms with Crippen LogP contribution in [0.1, 0.15) is 0 Å². The van der Waals surface area contributed by atoms with Crippen molar-refractivity contribution in [1.29, 1.82) is 0 Å². The molecule has 0 spiro atoms. The lowest BCUT2D eigenvalue weighted by atomic mass is 10.3. The van der Waals surface area contributed by atoms with Crippen LogP contribution in [0.5, 0.6) is 5.75 Å². The minimum absolute atomic E-state index is 0.0402. The van der Waals surface area contributed by atoms with Crippen LogP contribution in [0.4, 0.5) is 0 Å². The lowest BCUT2D eigenvalue weighted by Crippen LogP contribution is -2.50. The smallest absolute Gasteiger partial charge is 0.246 e. The molecule has 0 aliphatic carbocycles. The Bertz CT molecular complexity index is 1070. The molecule has 0 bridgehead atoms. The summed E-state index contributed by atoms with van der Waals surface area (Å²) >= 11 is 9.09. The Morgan fingerprint density at radius 1 is 0.893 bits per heavy atom. The molecular formula is C17H18BrClN2O5S2. The minimum Gasteiger partial charge on any atom is -0.495 e. The minimum atomic E-state index is -3.83. The Morgan fingerprint density at radius 2 is 1.43 bits per heavy atom. The van der Waals surface area contributed by atoms with Gasteiger partial charge in [-0.1, -0.05) is 27.5 Å². The van der Waals surface area contributed by atoms with E-state index in [-0.39, 0.29) is 41.7 Å². The van der Waals surface area contributed by atoms with E-state index in [0.29, 0.717) is 9.50 Å². The first-order chi connectivity index (χ1) is 13.2. The summed E-state index contributed by atoms with van der Waals surface area (Å²) in [4.78, 5) is 0.167. The highest BCUT2D eigenvalue weighted by atomic mass is 79.9. The fraction of sp³-hybridized carbons (Fsp3) is 0.294. The molecule has 7 nitrogen and oxygen atoms in total. The van der Waals surface area contributed by atoms with E-state index in [9.17, 15) is 16.8 Å². The number of hydrogen-bond acceptors (Lipinski definition) is 5. The van der Waals surface area contributed by atoms with Crippen LogP contribution in [-0.4, -0.2) is 58.7 Å². The van der Waals surface area contributed by atoms with Gasteiger partial charge in [-0.25, -0.2) is 16.8 Å². The highest BCUT2D eigenvalue weighted by molar-refractivity contribution is 9.10. The van der Waals surface area contributed by atoms with Crippen molar-refractivity contribution in [3.05, 3.63) is 52.0 Å². The van der Waals surface area contributed by atoms with Crippen molar-refractivity contribution in [3.8, 4) is 5.75 Å². The molecule has 3 rings (SSSR count). The molecule has 0 aromatic heterocycles. The fourth-order valence-corrected chi connectivity index (χ4v) is 6.56. The van der Waals surface area contributed by atoms with Crippen LogP contribution in [0.2, 0.25) is 5.02 Å². The summed E-state index contributed by atoms with van der Waals surface area (Å²) in [5, 5.41) is 0.442. The van der Waals surface area contributed by atoms with Crippen molar-refractivity contribution in [3.63, 3.8) is 0 Å². The maximum atomic E-state index is 13.0. The molecule has 0 atom stereocenters. The zero-order valence-electron chi connectivity index (χ0n) is 14.9. The quantitative estimate of drug-likeness (QED) is 0.619. The number of halogens is 2. The molecule has 2 aromatic rings. The normalized spacial score (nSPS) is 16.8. The summed E-state index contributed by atoms with van der Waals surface area (Å²) < 4.78 is 59.9. The lowest BCUT2D eigenvalue weighted by molar-refractivity contribution is 0.272. The van der Waals surface area contributed by atoms with Crippen LogP contribution >= 0.6 is 27.5 Å². The largest absolute Gasteiger partial charge is 0.495 e. The number of rotatable bonds is 5. The number of ether oxygens (including phenoxy) is 1. The molecule has 0 N–H and O–H groups in total. The summed E-state index contributed by atoms with van der Waals surface area (Å²) in [5.74, 6) is 0.236. The second kappa shape index (κ2) is 8.29. The molecule has 1 saturated heterocycles. The van der Waals surface area contributed by atoms with Gasteiger partial charge in [0.1, 0.15) is 10.6 Å². The number of benzene rings is 2. The topological polar surface area (TPSA) is 84.0 Å². The molecule has 1 fully saturated rings. The fourth-order valence-electron chi connectivity index (χ4n) is 2.90. The van der Waals surface area contributed by atoms with Crippen molar-refractivity contribution >= 4 is 47.6 Å². The molecule has 28 heavy (non-hydrogen) atoms. The van der Waals surface area contributed by atoms with Gasteiger partial charge >= 0.3 is 0 Å². The van der Waals surface area contributed by atoms with Crippen molar-refractivity contribution in [2.24, 2.45) is 0 Å². The first kappa shape index (κ1) is 21.5. The Kier molecular flexibility index (Phi) is 6.38. The van der Waals surface area contributed by atoms with Gasteiger partial charge in [-0.3, -0.25) is 0 Å². The number of sulfonamides is 2. The monoisotopic (exact) mass is 508 g/mol. The van der Waals surface area contributed by atoms with Crippen molar-refractivity contribution < 1.29 is 21.6 Å². The number of methoxy groups -OCH3 is 1. The highest BCUT2D eigenvalue weighted by Gasteiger charge is 2.35. The predicted octanol–water partition coefficient (Wildman–Crippen LogP) is 2.81. The van der Waals surface area contributed by atoms with E-state index < -0.39 is 20.0 Å². The summed E-state index contributed by atoms with van der Waals surface area (Å²) in [6, 6.07) is 10.6. The third kappa shape index (κ3) is 4.22. The molecule has 1 aliphatic rings. The van der Waals surface area contributed by atoms with Gasteiger partial charge in [0.05, 0.1) is 12.0 Å². The summed E-state index contributed by atoms with van der Waals surface area (Å²) in [7, 11) is -6.14. The highest BCUT2D eigenvalue weighted by Crippen LogP contribution is 2.31. The van der Waals surface area contributed by atoms with Crippen molar-refractivity contribution in [2.75, 3.05) is 33.3 Å². The van der Waals surface area contributed by atoms with Gasteiger partial charge in [-0.2, -0.15) is 8.61 Å². The van der Waals surface area contributed by atoms with E-state index in [0.717, 1.165) is 0 Å². The Balaban J connectivity index is 1.80. The average Bonchev–Trinajstić information content (AvgIpc) is 2.68. The molecule has 1 heterocycles. The zero-order chi connectivity index (χ0) is 20.5. The predicted molar refractivity (Wildman–Crippen MR) is 110 cm³/mol. The van der Waals surface area contributed by atoms with Crippen LogP contribution in [-0.2, 0) is 20.0 Å². The van der Waals surface area contributed by atoms with Gasteiger partial charge in [0.15, 0.2) is 0 Å². The molecule has 0 unspecified atom stereocenters. The molecular weight excluding hydrogens is 492 g/mol. The average molecular weight is 510 g/mol.